The average Bonchev–Trinajstić information content (AvgIpc) is 3.34. The van der Waals surface area contributed by atoms with Crippen LogP contribution < -0.4 is 20.7 Å². The Morgan fingerprint density at radius 3 is 2.62 bits per heavy atom. The predicted molar refractivity (Wildman–Crippen MR) is 119 cm³/mol. The Labute approximate surface area is 187 Å². The summed E-state index contributed by atoms with van der Waals surface area (Å²) in [4.78, 5) is 47.0. The highest BCUT2D eigenvalue weighted by atomic mass is 32.1. The molecule has 0 radical (unpaired) electrons. The standard InChI is InChI=1S/C21H20N6O4S/c1-31-16-14-15(13(11-22-16)12-5-3-2-4-6-12)32-19(23-14)25-20(30)27-9-7-21(8-10-27)17(28)24-18(29)26-21/h2-6,11H,7-10H2,1H3,(H,23,25,30)(H2,24,26,28,29). The van der Waals surface area contributed by atoms with Crippen molar-refractivity contribution in [3.63, 3.8) is 0 Å². The van der Waals surface area contributed by atoms with Crippen molar-refractivity contribution in [2.75, 3.05) is 25.5 Å². The number of urea groups is 2. The second kappa shape index (κ2) is 7.75. The fraction of sp³-hybridized carbons (Fsp3) is 0.286. The number of nitrogens with zero attached hydrogens (tertiary/aromatic N) is 3. The molecule has 5 rings (SSSR count). The summed E-state index contributed by atoms with van der Waals surface area (Å²) < 4.78 is 6.23. The zero-order valence-corrected chi connectivity index (χ0v) is 18.0. The van der Waals surface area contributed by atoms with Crippen LogP contribution in [0.1, 0.15) is 12.8 Å². The van der Waals surface area contributed by atoms with Gasteiger partial charge in [0.1, 0.15) is 11.1 Å². The molecule has 10 nitrogen and oxygen atoms in total. The van der Waals surface area contributed by atoms with Gasteiger partial charge in [-0.05, 0) is 18.4 Å². The SMILES string of the molecule is COc1ncc(-c2ccccc2)c2sc(NC(=O)N3CCC4(CC3)NC(=O)NC4=O)nc12. The zero-order valence-electron chi connectivity index (χ0n) is 17.2. The minimum Gasteiger partial charge on any atom is -0.479 e. The van der Waals surface area contributed by atoms with Crippen LogP contribution in [-0.2, 0) is 4.79 Å². The summed E-state index contributed by atoms with van der Waals surface area (Å²) in [5.41, 5.74) is 1.56. The molecule has 3 aromatic rings. The molecule has 164 valence electrons. The van der Waals surface area contributed by atoms with Crippen molar-refractivity contribution in [1.29, 1.82) is 0 Å². The highest BCUT2D eigenvalue weighted by Crippen LogP contribution is 2.38. The lowest BCUT2D eigenvalue weighted by Gasteiger charge is -2.36. The molecule has 0 atom stereocenters. The van der Waals surface area contributed by atoms with Crippen molar-refractivity contribution in [2.45, 2.75) is 18.4 Å². The van der Waals surface area contributed by atoms with Crippen molar-refractivity contribution in [1.82, 2.24) is 25.5 Å². The Kier molecular flexibility index (Phi) is 4.89. The Balaban J connectivity index is 1.36. The van der Waals surface area contributed by atoms with Gasteiger partial charge in [-0.2, -0.15) is 0 Å². The van der Waals surface area contributed by atoms with E-state index >= 15 is 0 Å². The zero-order chi connectivity index (χ0) is 22.3. The number of likely N-dealkylation sites (tertiary alicyclic amines) is 1. The number of piperidine rings is 1. The lowest BCUT2D eigenvalue weighted by Crippen LogP contribution is -2.56. The Morgan fingerprint density at radius 2 is 1.97 bits per heavy atom. The summed E-state index contributed by atoms with van der Waals surface area (Å²) in [6, 6.07) is 9.02. The molecule has 5 amide bonds. The van der Waals surface area contributed by atoms with Gasteiger partial charge in [0.05, 0.1) is 11.8 Å². The van der Waals surface area contributed by atoms with E-state index in [1.165, 1.54) is 18.4 Å². The third-order valence-electron chi connectivity index (χ3n) is 5.80. The maximum atomic E-state index is 12.8. The van der Waals surface area contributed by atoms with Crippen LogP contribution in [0, 0.1) is 0 Å². The maximum absolute atomic E-state index is 12.8. The summed E-state index contributed by atoms with van der Waals surface area (Å²) in [5.74, 6) is 0.0566. The number of thiazole rings is 1. The number of methoxy groups -OCH3 is 1. The molecule has 2 aromatic heterocycles. The van der Waals surface area contributed by atoms with E-state index in [1.807, 2.05) is 30.3 Å². The van der Waals surface area contributed by atoms with Gasteiger partial charge in [-0.1, -0.05) is 41.7 Å². The lowest BCUT2D eigenvalue weighted by atomic mass is 9.88. The van der Waals surface area contributed by atoms with E-state index in [2.05, 4.69) is 25.9 Å². The second-order valence-electron chi connectivity index (χ2n) is 7.65. The van der Waals surface area contributed by atoms with Crippen LogP contribution in [-0.4, -0.2) is 58.6 Å². The van der Waals surface area contributed by atoms with Crippen LogP contribution in [0.2, 0.25) is 0 Å². The largest absolute Gasteiger partial charge is 0.479 e. The summed E-state index contributed by atoms with van der Waals surface area (Å²) in [6.07, 6.45) is 2.45. The summed E-state index contributed by atoms with van der Waals surface area (Å²) in [5, 5.41) is 8.25. The first-order valence-electron chi connectivity index (χ1n) is 10.1. The van der Waals surface area contributed by atoms with E-state index < -0.39 is 11.6 Å². The van der Waals surface area contributed by atoms with Crippen LogP contribution in [0.4, 0.5) is 14.7 Å². The Hall–Kier alpha value is -3.73. The fourth-order valence-corrected chi connectivity index (χ4v) is 5.04. The van der Waals surface area contributed by atoms with Crippen LogP contribution in [0.3, 0.4) is 0 Å². The van der Waals surface area contributed by atoms with E-state index in [9.17, 15) is 14.4 Å². The Bertz CT molecular complexity index is 1220. The molecule has 1 aromatic carbocycles. The van der Waals surface area contributed by atoms with Crippen molar-refractivity contribution < 1.29 is 19.1 Å². The number of nitrogens with one attached hydrogen (secondary N) is 3. The van der Waals surface area contributed by atoms with Gasteiger partial charge in [0, 0.05) is 24.8 Å². The molecule has 0 saturated carbocycles. The van der Waals surface area contributed by atoms with Gasteiger partial charge in [-0.15, -0.1) is 0 Å². The van der Waals surface area contributed by atoms with E-state index in [-0.39, 0.29) is 11.9 Å². The number of pyridine rings is 1. The van der Waals surface area contributed by atoms with Gasteiger partial charge in [0.25, 0.3) is 5.91 Å². The first-order valence-corrected chi connectivity index (χ1v) is 10.9. The minimum atomic E-state index is -0.923. The Morgan fingerprint density at radius 1 is 1.22 bits per heavy atom. The van der Waals surface area contributed by atoms with Crippen LogP contribution >= 0.6 is 11.3 Å². The average molecular weight is 452 g/mol. The molecule has 0 unspecified atom stereocenters. The number of hydrogen-bond acceptors (Lipinski definition) is 7. The van der Waals surface area contributed by atoms with Gasteiger partial charge in [-0.25, -0.2) is 19.6 Å². The maximum Gasteiger partial charge on any atom is 0.323 e. The van der Waals surface area contributed by atoms with Crippen molar-refractivity contribution in [3.05, 3.63) is 36.5 Å². The topological polar surface area (TPSA) is 126 Å². The number of benzene rings is 1. The van der Waals surface area contributed by atoms with E-state index in [1.54, 1.807) is 11.1 Å². The quantitative estimate of drug-likeness (QED) is 0.525. The first kappa shape index (κ1) is 20.2. The van der Waals surface area contributed by atoms with Gasteiger partial charge < -0.3 is 15.0 Å². The molecular weight excluding hydrogens is 432 g/mol. The number of anilines is 1. The molecule has 2 saturated heterocycles. The fourth-order valence-electron chi connectivity index (χ4n) is 4.06. The number of carbonyl (C=O) groups is 3. The van der Waals surface area contributed by atoms with Gasteiger partial charge in [0.2, 0.25) is 5.88 Å². The second-order valence-corrected chi connectivity index (χ2v) is 8.65. The number of rotatable bonds is 3. The smallest absolute Gasteiger partial charge is 0.323 e. The number of aromatic nitrogens is 2. The molecular formula is C21H20N6O4S. The van der Waals surface area contributed by atoms with Gasteiger partial charge in [-0.3, -0.25) is 15.4 Å². The van der Waals surface area contributed by atoms with E-state index in [4.69, 9.17) is 4.74 Å². The molecule has 4 heterocycles. The monoisotopic (exact) mass is 452 g/mol. The molecule has 3 N–H and O–H groups in total. The molecule has 2 aliphatic heterocycles. The third-order valence-corrected chi connectivity index (χ3v) is 6.80. The first-order chi connectivity index (χ1) is 15.5. The van der Waals surface area contributed by atoms with E-state index in [0.717, 1.165) is 15.8 Å². The number of carbonyl (C=O) groups excluding carboxylic acids is 3. The van der Waals surface area contributed by atoms with Gasteiger partial charge >= 0.3 is 12.1 Å². The van der Waals surface area contributed by atoms with Crippen LogP contribution in [0.15, 0.2) is 36.5 Å². The van der Waals surface area contributed by atoms with Crippen LogP contribution in [0.5, 0.6) is 5.88 Å². The number of fused-ring (bicyclic) bond motifs is 1. The molecule has 11 heteroatoms. The normalized spacial score (nSPS) is 17.3. The lowest BCUT2D eigenvalue weighted by molar-refractivity contribution is -0.125. The molecule has 2 aliphatic rings. The highest BCUT2D eigenvalue weighted by Gasteiger charge is 2.48. The van der Waals surface area contributed by atoms with Gasteiger partial charge in [0.15, 0.2) is 5.13 Å². The number of amides is 5. The third kappa shape index (κ3) is 3.40. The van der Waals surface area contributed by atoms with Crippen molar-refractivity contribution in [2.24, 2.45) is 0 Å². The predicted octanol–water partition coefficient (Wildman–Crippen LogP) is 2.57. The van der Waals surface area contributed by atoms with Crippen LogP contribution in [0.25, 0.3) is 21.3 Å². The van der Waals surface area contributed by atoms with E-state index in [0.29, 0.717) is 42.5 Å². The highest BCUT2D eigenvalue weighted by molar-refractivity contribution is 7.23. The molecule has 32 heavy (non-hydrogen) atoms. The number of hydrogen-bond donors (Lipinski definition) is 3. The molecule has 0 bridgehead atoms. The molecule has 0 aliphatic carbocycles. The molecule has 1 spiro atoms. The van der Waals surface area contributed by atoms with Crippen molar-refractivity contribution >= 4 is 44.7 Å². The molecule has 2 fully saturated rings. The van der Waals surface area contributed by atoms with Crippen molar-refractivity contribution in [3.8, 4) is 17.0 Å². The summed E-state index contributed by atoms with van der Waals surface area (Å²) >= 11 is 1.35. The minimum absolute atomic E-state index is 0.308. The number of ether oxygens (including phenoxy) is 1. The summed E-state index contributed by atoms with van der Waals surface area (Å²) in [6.45, 7) is 0.676. The summed E-state index contributed by atoms with van der Waals surface area (Å²) in [7, 11) is 1.53. The number of imide groups is 1.